The van der Waals surface area contributed by atoms with Gasteiger partial charge in [-0.3, -0.25) is 0 Å². The molecule has 0 radical (unpaired) electrons. The average molecular weight is 217 g/mol. The fourth-order valence-electron chi connectivity index (χ4n) is 2.21. The van der Waals surface area contributed by atoms with E-state index < -0.39 is 0 Å². The monoisotopic (exact) mass is 217 g/mol. The highest BCUT2D eigenvalue weighted by Gasteiger charge is 2.37. The van der Waals surface area contributed by atoms with Gasteiger partial charge in [0.15, 0.2) is 6.10 Å². The van der Waals surface area contributed by atoms with Crippen molar-refractivity contribution in [2.75, 3.05) is 7.11 Å². The van der Waals surface area contributed by atoms with Gasteiger partial charge in [-0.05, 0) is 6.07 Å². The van der Waals surface area contributed by atoms with Gasteiger partial charge in [0.1, 0.15) is 5.75 Å². The predicted octanol–water partition coefficient (Wildman–Crippen LogP) is 1.87. The highest BCUT2D eigenvalue weighted by atomic mass is 16.6. The van der Waals surface area contributed by atoms with Crippen molar-refractivity contribution in [1.29, 1.82) is 0 Å². The van der Waals surface area contributed by atoms with Gasteiger partial charge in [-0.25, -0.2) is 4.79 Å². The molecule has 1 saturated heterocycles. The normalized spacial score (nSPS) is 25.4. The van der Waals surface area contributed by atoms with E-state index in [-0.39, 0.29) is 18.2 Å². The number of methoxy groups -OCH3 is 1. The molecule has 2 atom stereocenters. The summed E-state index contributed by atoms with van der Waals surface area (Å²) in [6.07, 6.45) is 3.29. The maximum Gasteiger partial charge on any atom is 0.408 e. The standard InChI is InChI=1S/C12H11NO3/c1-15-10-4-2-3-8-7(10)5-6-9-11(8)16-12(14)13-9/h2-6,9,11H,1H3,(H,13,14)/t9-,11-/m1/s1. The Morgan fingerprint density at radius 3 is 3.12 bits per heavy atom. The van der Waals surface area contributed by atoms with E-state index in [4.69, 9.17) is 9.47 Å². The molecule has 0 spiro atoms. The number of hydrogen-bond acceptors (Lipinski definition) is 3. The van der Waals surface area contributed by atoms with Crippen molar-refractivity contribution >= 4 is 12.2 Å². The molecule has 1 amide bonds. The van der Waals surface area contributed by atoms with Crippen LogP contribution in [0.4, 0.5) is 4.79 Å². The van der Waals surface area contributed by atoms with Crippen LogP contribution in [0.1, 0.15) is 17.2 Å². The lowest BCUT2D eigenvalue weighted by Crippen LogP contribution is -2.27. The van der Waals surface area contributed by atoms with Crippen LogP contribution < -0.4 is 10.1 Å². The third-order valence-electron chi connectivity index (χ3n) is 2.94. The number of alkyl carbamates (subject to hydrolysis) is 1. The summed E-state index contributed by atoms with van der Waals surface area (Å²) in [5, 5.41) is 2.75. The number of fused-ring (bicyclic) bond motifs is 3. The molecule has 1 aromatic rings. The fraction of sp³-hybridized carbons (Fsp3) is 0.250. The summed E-state index contributed by atoms with van der Waals surface area (Å²) in [7, 11) is 1.63. The number of nitrogens with one attached hydrogen (secondary N) is 1. The van der Waals surface area contributed by atoms with Gasteiger partial charge in [0.05, 0.1) is 13.2 Å². The van der Waals surface area contributed by atoms with Crippen LogP contribution in [0.3, 0.4) is 0 Å². The number of carbonyl (C=O) groups is 1. The largest absolute Gasteiger partial charge is 0.496 e. The van der Waals surface area contributed by atoms with Crippen LogP contribution in [0.15, 0.2) is 24.3 Å². The highest BCUT2D eigenvalue weighted by molar-refractivity contribution is 5.75. The second kappa shape index (κ2) is 3.27. The summed E-state index contributed by atoms with van der Waals surface area (Å²) >= 11 is 0. The lowest BCUT2D eigenvalue weighted by atomic mass is 9.91. The summed E-state index contributed by atoms with van der Waals surface area (Å²) in [6.45, 7) is 0. The zero-order valence-corrected chi connectivity index (χ0v) is 8.77. The molecule has 1 aliphatic heterocycles. The predicted molar refractivity (Wildman–Crippen MR) is 58.2 cm³/mol. The molecular formula is C12H11NO3. The minimum absolute atomic E-state index is 0.0629. The van der Waals surface area contributed by atoms with E-state index in [2.05, 4.69) is 5.32 Å². The van der Waals surface area contributed by atoms with Gasteiger partial charge >= 0.3 is 6.09 Å². The van der Waals surface area contributed by atoms with Crippen LogP contribution in [0.2, 0.25) is 0 Å². The molecule has 1 aromatic carbocycles. The number of carbonyl (C=O) groups excluding carboxylic acids is 1. The van der Waals surface area contributed by atoms with E-state index in [0.29, 0.717) is 0 Å². The zero-order chi connectivity index (χ0) is 11.1. The molecule has 82 valence electrons. The van der Waals surface area contributed by atoms with Crippen LogP contribution in [0.5, 0.6) is 5.75 Å². The van der Waals surface area contributed by atoms with Gasteiger partial charge in [-0.1, -0.05) is 24.3 Å². The Balaban J connectivity index is 2.12. The quantitative estimate of drug-likeness (QED) is 0.781. The molecule has 16 heavy (non-hydrogen) atoms. The third-order valence-corrected chi connectivity index (χ3v) is 2.94. The SMILES string of the molecule is COc1cccc2c1C=C[C@H]1NC(=O)O[C@H]21. The van der Waals surface area contributed by atoms with Gasteiger partial charge < -0.3 is 14.8 Å². The third kappa shape index (κ3) is 1.19. The number of rotatable bonds is 1. The molecule has 0 bridgehead atoms. The van der Waals surface area contributed by atoms with Crippen LogP contribution in [-0.4, -0.2) is 19.2 Å². The van der Waals surface area contributed by atoms with Crippen molar-refractivity contribution in [2.24, 2.45) is 0 Å². The number of benzene rings is 1. The summed E-state index contributed by atoms with van der Waals surface area (Å²) in [5.74, 6) is 0.801. The second-order valence-corrected chi connectivity index (χ2v) is 3.82. The minimum atomic E-state index is -0.365. The second-order valence-electron chi connectivity index (χ2n) is 3.82. The zero-order valence-electron chi connectivity index (χ0n) is 8.77. The maximum absolute atomic E-state index is 11.2. The fourth-order valence-corrected chi connectivity index (χ4v) is 2.21. The van der Waals surface area contributed by atoms with Gasteiger partial charge in [-0.2, -0.15) is 0 Å². The Morgan fingerprint density at radius 2 is 2.31 bits per heavy atom. The van der Waals surface area contributed by atoms with Gasteiger partial charge in [-0.15, -0.1) is 0 Å². The molecular weight excluding hydrogens is 206 g/mol. The van der Waals surface area contributed by atoms with Crippen LogP contribution in [0.25, 0.3) is 6.08 Å². The maximum atomic E-state index is 11.2. The molecule has 0 saturated carbocycles. The van der Waals surface area contributed by atoms with E-state index in [1.807, 2.05) is 30.4 Å². The van der Waals surface area contributed by atoms with Crippen molar-refractivity contribution in [1.82, 2.24) is 5.32 Å². The summed E-state index contributed by atoms with van der Waals surface area (Å²) in [6, 6.07) is 5.69. The molecule has 0 aromatic heterocycles. The molecule has 1 aliphatic carbocycles. The van der Waals surface area contributed by atoms with Crippen LogP contribution in [0, 0.1) is 0 Å². The Hall–Kier alpha value is -1.97. The Kier molecular flexibility index (Phi) is 1.89. The Labute approximate surface area is 92.9 Å². The molecule has 1 heterocycles. The lowest BCUT2D eigenvalue weighted by molar-refractivity contribution is 0.135. The van der Waals surface area contributed by atoms with Gasteiger partial charge in [0.2, 0.25) is 0 Å². The van der Waals surface area contributed by atoms with Crippen molar-refractivity contribution in [3.05, 3.63) is 35.4 Å². The van der Waals surface area contributed by atoms with E-state index in [9.17, 15) is 4.79 Å². The summed E-state index contributed by atoms with van der Waals surface area (Å²) in [4.78, 5) is 11.2. The van der Waals surface area contributed by atoms with E-state index >= 15 is 0 Å². The lowest BCUT2D eigenvalue weighted by Gasteiger charge is -2.22. The highest BCUT2D eigenvalue weighted by Crippen LogP contribution is 2.38. The smallest absolute Gasteiger partial charge is 0.408 e. The average Bonchev–Trinajstić information content (AvgIpc) is 2.69. The van der Waals surface area contributed by atoms with Crippen molar-refractivity contribution < 1.29 is 14.3 Å². The van der Waals surface area contributed by atoms with E-state index in [1.54, 1.807) is 7.11 Å². The minimum Gasteiger partial charge on any atom is -0.496 e. The Morgan fingerprint density at radius 1 is 1.44 bits per heavy atom. The van der Waals surface area contributed by atoms with E-state index in [0.717, 1.165) is 16.9 Å². The first kappa shape index (κ1) is 9.27. The van der Waals surface area contributed by atoms with Crippen LogP contribution >= 0.6 is 0 Å². The van der Waals surface area contributed by atoms with Crippen molar-refractivity contribution in [3.8, 4) is 5.75 Å². The number of amides is 1. The molecule has 4 nitrogen and oxygen atoms in total. The summed E-state index contributed by atoms with van der Waals surface area (Å²) in [5.41, 5.74) is 1.98. The van der Waals surface area contributed by atoms with Gasteiger partial charge in [0.25, 0.3) is 0 Å². The Bertz CT molecular complexity index is 481. The van der Waals surface area contributed by atoms with Crippen LogP contribution in [-0.2, 0) is 4.74 Å². The molecule has 4 heteroatoms. The van der Waals surface area contributed by atoms with Gasteiger partial charge in [0, 0.05) is 11.1 Å². The first-order valence-electron chi connectivity index (χ1n) is 5.12. The molecule has 1 N–H and O–H groups in total. The summed E-state index contributed by atoms with van der Waals surface area (Å²) < 4.78 is 10.5. The molecule has 2 aliphatic rings. The first-order valence-corrected chi connectivity index (χ1v) is 5.12. The number of hydrogen-bond donors (Lipinski definition) is 1. The van der Waals surface area contributed by atoms with Crippen molar-refractivity contribution in [2.45, 2.75) is 12.1 Å². The molecule has 3 rings (SSSR count). The van der Waals surface area contributed by atoms with E-state index in [1.165, 1.54) is 0 Å². The van der Waals surface area contributed by atoms with Crippen molar-refractivity contribution in [3.63, 3.8) is 0 Å². The number of ether oxygens (including phenoxy) is 2. The first-order chi connectivity index (χ1) is 7.79. The topological polar surface area (TPSA) is 47.6 Å². The molecule has 1 fully saturated rings. The molecule has 0 unspecified atom stereocenters.